The Morgan fingerprint density at radius 2 is 2.04 bits per heavy atom. The lowest BCUT2D eigenvalue weighted by Gasteiger charge is -2.30. The summed E-state index contributed by atoms with van der Waals surface area (Å²) in [6.45, 7) is 2.99. The number of aromatic nitrogens is 1. The standard InChI is InChI=1S/C15H20F3N3O3/c16-15(17,18)13-12(2-1-3-19-13)14(23)21(6-9-22)5-4-20-7-10-24-11-8-20/h1-3,22H,4-11H2. The highest BCUT2D eigenvalue weighted by atomic mass is 19.4. The van der Waals surface area contributed by atoms with E-state index in [1.165, 1.54) is 11.0 Å². The Morgan fingerprint density at radius 3 is 2.67 bits per heavy atom. The largest absolute Gasteiger partial charge is 0.434 e. The molecule has 2 rings (SSSR count). The first-order valence-electron chi connectivity index (χ1n) is 7.66. The maximum absolute atomic E-state index is 13.0. The number of hydrogen-bond donors (Lipinski definition) is 1. The Balaban J connectivity index is 2.11. The van der Waals surface area contributed by atoms with E-state index in [0.29, 0.717) is 32.8 Å². The van der Waals surface area contributed by atoms with E-state index in [4.69, 9.17) is 9.84 Å². The molecule has 6 nitrogen and oxygen atoms in total. The molecule has 0 aliphatic carbocycles. The minimum absolute atomic E-state index is 0.0324. The Morgan fingerprint density at radius 1 is 1.33 bits per heavy atom. The van der Waals surface area contributed by atoms with E-state index in [0.717, 1.165) is 12.3 Å². The molecular weight excluding hydrogens is 327 g/mol. The Kier molecular flexibility index (Phi) is 6.52. The minimum atomic E-state index is -4.71. The minimum Gasteiger partial charge on any atom is -0.395 e. The fraction of sp³-hybridized carbons (Fsp3) is 0.600. The van der Waals surface area contributed by atoms with Crippen LogP contribution in [0, 0.1) is 0 Å². The number of ether oxygens (including phenoxy) is 1. The number of carbonyl (C=O) groups excluding carboxylic acids is 1. The van der Waals surface area contributed by atoms with Crippen molar-refractivity contribution >= 4 is 5.91 Å². The van der Waals surface area contributed by atoms with Crippen molar-refractivity contribution in [3.8, 4) is 0 Å². The normalized spacial score (nSPS) is 16.2. The van der Waals surface area contributed by atoms with Crippen molar-refractivity contribution in [2.45, 2.75) is 6.18 Å². The van der Waals surface area contributed by atoms with Gasteiger partial charge in [-0.3, -0.25) is 14.7 Å². The number of morpholine rings is 1. The first-order chi connectivity index (χ1) is 11.4. The van der Waals surface area contributed by atoms with E-state index < -0.39 is 23.3 Å². The highest BCUT2D eigenvalue weighted by Gasteiger charge is 2.37. The fourth-order valence-corrected chi connectivity index (χ4v) is 2.50. The molecule has 0 spiro atoms. The molecule has 1 saturated heterocycles. The van der Waals surface area contributed by atoms with Crippen molar-refractivity contribution < 1.29 is 27.8 Å². The average molecular weight is 347 g/mol. The number of carbonyl (C=O) groups is 1. The zero-order valence-corrected chi connectivity index (χ0v) is 13.1. The van der Waals surface area contributed by atoms with Crippen LogP contribution in [0.15, 0.2) is 18.3 Å². The highest BCUT2D eigenvalue weighted by molar-refractivity contribution is 5.95. The number of halogens is 3. The molecule has 0 radical (unpaired) electrons. The second-order valence-electron chi connectivity index (χ2n) is 5.37. The second kappa shape index (κ2) is 8.41. The van der Waals surface area contributed by atoms with Crippen LogP contribution in [-0.4, -0.2) is 78.3 Å². The number of amides is 1. The van der Waals surface area contributed by atoms with Crippen LogP contribution in [0.2, 0.25) is 0 Å². The van der Waals surface area contributed by atoms with Gasteiger partial charge in [0.25, 0.3) is 5.91 Å². The van der Waals surface area contributed by atoms with Gasteiger partial charge >= 0.3 is 6.18 Å². The molecule has 0 aromatic carbocycles. The third-order valence-electron chi connectivity index (χ3n) is 3.75. The van der Waals surface area contributed by atoms with Gasteiger partial charge in [-0.2, -0.15) is 13.2 Å². The number of pyridine rings is 1. The Hall–Kier alpha value is -1.71. The maximum Gasteiger partial charge on any atom is 0.434 e. The molecule has 1 N–H and O–H groups in total. The molecule has 9 heteroatoms. The number of alkyl halides is 3. The SMILES string of the molecule is O=C(c1cccnc1C(F)(F)F)N(CCO)CCN1CCOCC1. The van der Waals surface area contributed by atoms with E-state index in [-0.39, 0.29) is 19.7 Å². The van der Waals surface area contributed by atoms with Crippen LogP contribution < -0.4 is 0 Å². The quantitative estimate of drug-likeness (QED) is 0.827. The van der Waals surface area contributed by atoms with Gasteiger partial charge in [0.1, 0.15) is 0 Å². The summed E-state index contributed by atoms with van der Waals surface area (Å²) < 4.78 is 44.3. The van der Waals surface area contributed by atoms with Crippen LogP contribution in [0.25, 0.3) is 0 Å². The van der Waals surface area contributed by atoms with Gasteiger partial charge in [0, 0.05) is 38.9 Å². The molecule has 24 heavy (non-hydrogen) atoms. The summed E-state index contributed by atoms with van der Waals surface area (Å²) >= 11 is 0. The Labute approximate surface area is 137 Å². The number of hydrogen-bond acceptors (Lipinski definition) is 5. The van der Waals surface area contributed by atoms with Gasteiger partial charge in [-0.05, 0) is 12.1 Å². The fourth-order valence-electron chi connectivity index (χ4n) is 2.50. The van der Waals surface area contributed by atoms with E-state index in [9.17, 15) is 18.0 Å². The predicted octanol–water partition coefficient (Wildman–Crippen LogP) is 0.867. The molecule has 1 aromatic heterocycles. The van der Waals surface area contributed by atoms with Crippen molar-refractivity contribution in [2.24, 2.45) is 0 Å². The first kappa shape index (κ1) is 18.6. The third kappa shape index (κ3) is 4.89. The summed E-state index contributed by atoms with van der Waals surface area (Å²) in [7, 11) is 0. The molecule has 2 heterocycles. The van der Waals surface area contributed by atoms with E-state index in [1.807, 2.05) is 0 Å². The Bertz CT molecular complexity index is 548. The average Bonchev–Trinajstić information content (AvgIpc) is 2.58. The van der Waals surface area contributed by atoms with Crippen molar-refractivity contribution in [1.29, 1.82) is 0 Å². The molecular formula is C15H20F3N3O3. The van der Waals surface area contributed by atoms with Crippen molar-refractivity contribution in [3.05, 3.63) is 29.6 Å². The molecule has 1 fully saturated rings. The van der Waals surface area contributed by atoms with E-state index >= 15 is 0 Å². The topological polar surface area (TPSA) is 65.9 Å². The van der Waals surface area contributed by atoms with Gasteiger partial charge in [-0.1, -0.05) is 0 Å². The summed E-state index contributed by atoms with van der Waals surface area (Å²) in [6.07, 6.45) is -3.70. The maximum atomic E-state index is 13.0. The van der Waals surface area contributed by atoms with Crippen molar-refractivity contribution in [2.75, 3.05) is 52.5 Å². The van der Waals surface area contributed by atoms with Crippen LogP contribution in [0.3, 0.4) is 0 Å². The highest BCUT2D eigenvalue weighted by Crippen LogP contribution is 2.30. The predicted molar refractivity (Wildman–Crippen MR) is 79.5 cm³/mol. The molecule has 134 valence electrons. The van der Waals surface area contributed by atoms with Crippen molar-refractivity contribution in [1.82, 2.24) is 14.8 Å². The molecule has 0 atom stereocenters. The van der Waals surface area contributed by atoms with Crippen LogP contribution in [0.4, 0.5) is 13.2 Å². The monoisotopic (exact) mass is 347 g/mol. The summed E-state index contributed by atoms with van der Waals surface area (Å²) in [5, 5.41) is 9.13. The van der Waals surface area contributed by atoms with Gasteiger partial charge in [0.2, 0.25) is 0 Å². The van der Waals surface area contributed by atoms with Gasteiger partial charge in [0.15, 0.2) is 5.69 Å². The van der Waals surface area contributed by atoms with Crippen molar-refractivity contribution in [3.63, 3.8) is 0 Å². The smallest absolute Gasteiger partial charge is 0.395 e. The van der Waals surface area contributed by atoms with E-state index in [2.05, 4.69) is 9.88 Å². The van der Waals surface area contributed by atoms with Crippen LogP contribution in [0.5, 0.6) is 0 Å². The van der Waals surface area contributed by atoms with Gasteiger partial charge < -0.3 is 14.7 Å². The number of rotatable bonds is 6. The molecule has 0 bridgehead atoms. The molecule has 0 saturated carbocycles. The first-order valence-corrected chi connectivity index (χ1v) is 7.66. The lowest BCUT2D eigenvalue weighted by atomic mass is 10.1. The summed E-state index contributed by atoms with van der Waals surface area (Å²) in [4.78, 5) is 19.1. The number of aliphatic hydroxyl groups excluding tert-OH is 1. The zero-order chi connectivity index (χ0) is 17.6. The molecule has 1 amide bonds. The molecule has 1 aliphatic rings. The zero-order valence-electron chi connectivity index (χ0n) is 13.1. The summed E-state index contributed by atoms with van der Waals surface area (Å²) in [5.74, 6) is -0.780. The lowest BCUT2D eigenvalue weighted by Crippen LogP contribution is -2.44. The summed E-state index contributed by atoms with van der Waals surface area (Å²) in [5.41, 5.74) is -1.70. The third-order valence-corrected chi connectivity index (χ3v) is 3.75. The molecule has 0 unspecified atom stereocenters. The van der Waals surface area contributed by atoms with Gasteiger partial charge in [-0.15, -0.1) is 0 Å². The lowest BCUT2D eigenvalue weighted by molar-refractivity contribution is -0.141. The molecule has 1 aromatic rings. The van der Waals surface area contributed by atoms with Crippen LogP contribution >= 0.6 is 0 Å². The molecule has 1 aliphatic heterocycles. The number of nitrogens with zero attached hydrogens (tertiary/aromatic N) is 3. The van der Waals surface area contributed by atoms with Gasteiger partial charge in [-0.25, -0.2) is 0 Å². The van der Waals surface area contributed by atoms with E-state index in [1.54, 1.807) is 0 Å². The summed E-state index contributed by atoms with van der Waals surface area (Å²) in [6, 6.07) is 2.40. The second-order valence-corrected chi connectivity index (χ2v) is 5.37. The van der Waals surface area contributed by atoms with Crippen LogP contribution in [-0.2, 0) is 10.9 Å². The van der Waals surface area contributed by atoms with Gasteiger partial charge in [0.05, 0.1) is 25.4 Å². The number of aliphatic hydroxyl groups is 1. The van der Waals surface area contributed by atoms with Crippen LogP contribution in [0.1, 0.15) is 16.1 Å².